The van der Waals surface area contributed by atoms with Crippen molar-refractivity contribution >= 4 is 11.7 Å². The first-order valence-electron chi connectivity index (χ1n) is 6.38. The van der Waals surface area contributed by atoms with Crippen LogP contribution in [0.4, 0.5) is 14.5 Å². The standard InChI is InChI=1S/C16H15F2NO2/c1-10-14(18)7-12(16(20)21-2)8-15(10)19-9-11-5-3-4-6-13(11)17/h3-8,19H,9H2,1-2H3. The summed E-state index contributed by atoms with van der Waals surface area (Å²) in [6.45, 7) is 1.78. The Morgan fingerprint density at radius 3 is 2.57 bits per heavy atom. The number of rotatable bonds is 4. The molecule has 2 rings (SSSR count). The van der Waals surface area contributed by atoms with E-state index in [0.717, 1.165) is 6.07 Å². The Labute approximate surface area is 121 Å². The largest absolute Gasteiger partial charge is 0.465 e. The molecule has 0 saturated carbocycles. The average Bonchev–Trinajstić information content (AvgIpc) is 2.49. The highest BCUT2D eigenvalue weighted by Crippen LogP contribution is 2.22. The van der Waals surface area contributed by atoms with Gasteiger partial charge in [0.15, 0.2) is 0 Å². The van der Waals surface area contributed by atoms with Crippen molar-refractivity contribution in [2.75, 3.05) is 12.4 Å². The predicted molar refractivity (Wildman–Crippen MR) is 76.2 cm³/mol. The van der Waals surface area contributed by atoms with Crippen molar-refractivity contribution in [2.24, 2.45) is 0 Å². The molecular formula is C16H15F2NO2. The van der Waals surface area contributed by atoms with Crippen LogP contribution in [0.1, 0.15) is 21.5 Å². The van der Waals surface area contributed by atoms with Crippen LogP contribution in [0, 0.1) is 18.6 Å². The Hall–Kier alpha value is -2.43. The third-order valence-electron chi connectivity index (χ3n) is 3.19. The Bertz CT molecular complexity index is 671. The molecule has 1 N–H and O–H groups in total. The zero-order valence-electron chi connectivity index (χ0n) is 11.7. The van der Waals surface area contributed by atoms with Gasteiger partial charge in [-0.15, -0.1) is 0 Å². The summed E-state index contributed by atoms with van der Waals surface area (Å²) in [5, 5.41) is 2.94. The minimum absolute atomic E-state index is 0.108. The van der Waals surface area contributed by atoms with Gasteiger partial charge in [0.05, 0.1) is 12.7 Å². The van der Waals surface area contributed by atoms with E-state index in [2.05, 4.69) is 10.1 Å². The molecule has 3 nitrogen and oxygen atoms in total. The van der Waals surface area contributed by atoms with E-state index < -0.39 is 11.8 Å². The van der Waals surface area contributed by atoms with Crippen molar-refractivity contribution in [1.82, 2.24) is 0 Å². The monoisotopic (exact) mass is 291 g/mol. The summed E-state index contributed by atoms with van der Waals surface area (Å²) in [4.78, 5) is 11.5. The molecule has 0 radical (unpaired) electrons. The molecule has 0 aliphatic heterocycles. The molecule has 2 aromatic carbocycles. The van der Waals surface area contributed by atoms with Crippen LogP contribution in [-0.2, 0) is 11.3 Å². The summed E-state index contributed by atoms with van der Waals surface area (Å²) in [5.41, 5.74) is 1.36. The molecular weight excluding hydrogens is 276 g/mol. The topological polar surface area (TPSA) is 38.3 Å². The van der Waals surface area contributed by atoms with Gasteiger partial charge < -0.3 is 10.1 Å². The second kappa shape index (κ2) is 6.35. The molecule has 0 heterocycles. The molecule has 2 aromatic rings. The van der Waals surface area contributed by atoms with Crippen LogP contribution >= 0.6 is 0 Å². The Kier molecular flexibility index (Phi) is 4.52. The van der Waals surface area contributed by atoms with Crippen molar-refractivity contribution in [3.63, 3.8) is 0 Å². The number of carbonyl (C=O) groups is 1. The van der Waals surface area contributed by atoms with Crippen molar-refractivity contribution in [1.29, 1.82) is 0 Å². The van der Waals surface area contributed by atoms with Gasteiger partial charge in [0.1, 0.15) is 11.6 Å². The molecule has 0 saturated heterocycles. The van der Waals surface area contributed by atoms with Crippen LogP contribution in [0.5, 0.6) is 0 Å². The van der Waals surface area contributed by atoms with Gasteiger partial charge in [0.25, 0.3) is 0 Å². The van der Waals surface area contributed by atoms with E-state index in [0.29, 0.717) is 16.8 Å². The smallest absolute Gasteiger partial charge is 0.338 e. The SMILES string of the molecule is COC(=O)c1cc(F)c(C)c(NCc2ccccc2F)c1. The molecule has 0 bridgehead atoms. The third kappa shape index (κ3) is 3.37. The molecule has 0 fully saturated rings. The van der Waals surface area contributed by atoms with Crippen LogP contribution in [-0.4, -0.2) is 13.1 Å². The Balaban J connectivity index is 2.25. The van der Waals surface area contributed by atoms with E-state index in [-0.39, 0.29) is 17.9 Å². The first-order chi connectivity index (χ1) is 10.0. The van der Waals surface area contributed by atoms with Crippen LogP contribution in [0.3, 0.4) is 0 Å². The van der Waals surface area contributed by atoms with E-state index in [9.17, 15) is 13.6 Å². The molecule has 0 atom stereocenters. The van der Waals surface area contributed by atoms with Crippen molar-refractivity contribution in [3.8, 4) is 0 Å². The molecule has 0 aliphatic rings. The van der Waals surface area contributed by atoms with Crippen LogP contribution in [0.2, 0.25) is 0 Å². The number of methoxy groups -OCH3 is 1. The number of carbonyl (C=O) groups excluding carboxylic acids is 1. The summed E-state index contributed by atoms with van der Waals surface area (Å²) >= 11 is 0. The van der Waals surface area contributed by atoms with E-state index in [1.165, 1.54) is 19.2 Å². The lowest BCUT2D eigenvalue weighted by molar-refractivity contribution is 0.0600. The first-order valence-corrected chi connectivity index (χ1v) is 6.38. The van der Waals surface area contributed by atoms with Crippen molar-refractivity contribution < 1.29 is 18.3 Å². The highest BCUT2D eigenvalue weighted by molar-refractivity contribution is 5.90. The van der Waals surface area contributed by atoms with Crippen LogP contribution in [0.15, 0.2) is 36.4 Å². The summed E-state index contributed by atoms with van der Waals surface area (Å²) in [6, 6.07) is 8.92. The average molecular weight is 291 g/mol. The summed E-state index contributed by atoms with van der Waals surface area (Å²) < 4.78 is 31.9. The lowest BCUT2D eigenvalue weighted by Crippen LogP contribution is -2.08. The lowest BCUT2D eigenvalue weighted by atomic mass is 10.1. The highest BCUT2D eigenvalue weighted by Gasteiger charge is 2.13. The summed E-state index contributed by atoms with van der Waals surface area (Å²) in [7, 11) is 1.23. The maximum absolute atomic E-state index is 13.8. The fraction of sp³-hybridized carbons (Fsp3) is 0.188. The number of nitrogens with one attached hydrogen (secondary N) is 1. The molecule has 0 amide bonds. The molecule has 0 aromatic heterocycles. The van der Waals surface area contributed by atoms with Gasteiger partial charge in [-0.2, -0.15) is 0 Å². The number of hydrogen-bond acceptors (Lipinski definition) is 3. The predicted octanol–water partition coefficient (Wildman–Crippen LogP) is 3.67. The molecule has 0 spiro atoms. The fourth-order valence-corrected chi connectivity index (χ4v) is 1.93. The van der Waals surface area contributed by atoms with E-state index in [1.54, 1.807) is 25.1 Å². The number of hydrogen-bond donors (Lipinski definition) is 1. The molecule has 0 unspecified atom stereocenters. The second-order valence-electron chi connectivity index (χ2n) is 4.57. The molecule has 0 aliphatic carbocycles. The van der Waals surface area contributed by atoms with Crippen LogP contribution in [0.25, 0.3) is 0 Å². The Morgan fingerprint density at radius 1 is 1.19 bits per heavy atom. The first kappa shape index (κ1) is 15.0. The van der Waals surface area contributed by atoms with E-state index >= 15 is 0 Å². The van der Waals surface area contributed by atoms with Crippen molar-refractivity contribution in [3.05, 3.63) is 64.7 Å². The normalized spacial score (nSPS) is 10.3. The lowest BCUT2D eigenvalue weighted by Gasteiger charge is -2.12. The number of benzene rings is 2. The van der Waals surface area contributed by atoms with Gasteiger partial charge in [-0.1, -0.05) is 18.2 Å². The fourth-order valence-electron chi connectivity index (χ4n) is 1.93. The minimum Gasteiger partial charge on any atom is -0.465 e. The van der Waals surface area contributed by atoms with Gasteiger partial charge in [0.2, 0.25) is 0 Å². The second-order valence-corrected chi connectivity index (χ2v) is 4.57. The number of esters is 1. The molecule has 5 heteroatoms. The van der Waals surface area contributed by atoms with Crippen LogP contribution < -0.4 is 5.32 Å². The summed E-state index contributed by atoms with van der Waals surface area (Å²) in [5.74, 6) is -1.48. The quantitative estimate of drug-likeness (QED) is 0.873. The number of anilines is 1. The zero-order valence-corrected chi connectivity index (χ0v) is 11.7. The number of halogens is 2. The van der Waals surface area contributed by atoms with E-state index in [4.69, 9.17) is 0 Å². The van der Waals surface area contributed by atoms with Gasteiger partial charge in [-0.3, -0.25) is 0 Å². The van der Waals surface area contributed by atoms with Gasteiger partial charge in [-0.25, -0.2) is 13.6 Å². The molecule has 21 heavy (non-hydrogen) atoms. The maximum atomic E-state index is 13.8. The minimum atomic E-state index is -0.622. The maximum Gasteiger partial charge on any atom is 0.338 e. The number of ether oxygens (including phenoxy) is 1. The van der Waals surface area contributed by atoms with Crippen molar-refractivity contribution in [2.45, 2.75) is 13.5 Å². The van der Waals surface area contributed by atoms with Gasteiger partial charge in [0, 0.05) is 23.4 Å². The van der Waals surface area contributed by atoms with Gasteiger partial charge in [-0.05, 0) is 25.1 Å². The Morgan fingerprint density at radius 2 is 1.90 bits per heavy atom. The third-order valence-corrected chi connectivity index (χ3v) is 3.19. The highest BCUT2D eigenvalue weighted by atomic mass is 19.1. The van der Waals surface area contributed by atoms with Gasteiger partial charge >= 0.3 is 5.97 Å². The molecule has 110 valence electrons. The zero-order chi connectivity index (χ0) is 15.4. The summed E-state index contributed by atoms with van der Waals surface area (Å²) in [6.07, 6.45) is 0. The van der Waals surface area contributed by atoms with E-state index in [1.807, 2.05) is 0 Å².